The van der Waals surface area contributed by atoms with Gasteiger partial charge in [0, 0.05) is 0 Å². The van der Waals surface area contributed by atoms with E-state index in [9.17, 15) is 0 Å². The van der Waals surface area contributed by atoms with Crippen LogP contribution in [0.2, 0.25) is 0 Å². The first-order valence-electron chi connectivity index (χ1n) is 2.13. The lowest BCUT2D eigenvalue weighted by molar-refractivity contribution is 0.485. The zero-order valence-electron chi connectivity index (χ0n) is 4.64. The van der Waals surface area contributed by atoms with Crippen molar-refractivity contribution in [2.45, 2.75) is 0 Å². The van der Waals surface area contributed by atoms with Crippen molar-refractivity contribution in [1.29, 1.82) is 0 Å². The van der Waals surface area contributed by atoms with Crippen molar-refractivity contribution in [1.82, 2.24) is 0 Å². The molecule has 0 bridgehead atoms. The van der Waals surface area contributed by atoms with Crippen LogP contribution in [0.3, 0.4) is 0 Å². The summed E-state index contributed by atoms with van der Waals surface area (Å²) >= 11 is 1.71. The van der Waals surface area contributed by atoms with Crippen LogP contribution in [-0.4, -0.2) is 9.79 Å². The summed E-state index contributed by atoms with van der Waals surface area (Å²) in [5.74, 6) is 0. The fourth-order valence-electron chi connectivity index (χ4n) is 0.227. The molecule has 0 fully saturated rings. The average molecular weight is 165 g/mol. The Hall–Kier alpha value is 0.0100. The molecule has 9 heavy (non-hydrogen) atoms. The molecule has 0 aliphatic rings. The molecule has 0 aliphatic carbocycles. The number of rotatable bonds is 0. The second-order valence-corrected chi connectivity index (χ2v) is 2.57. The second-order valence-electron chi connectivity index (χ2n) is 1.11. The van der Waals surface area contributed by atoms with E-state index in [4.69, 9.17) is 9.79 Å². The van der Waals surface area contributed by atoms with Crippen LogP contribution in [-0.2, 0) is 0 Å². The molecule has 3 nitrogen and oxygen atoms in total. The first-order chi connectivity index (χ1) is 4.23. The van der Waals surface area contributed by atoms with E-state index in [1.165, 1.54) is 0 Å². The van der Waals surface area contributed by atoms with Gasteiger partial charge in [-0.2, -0.15) is 11.3 Å². The molecule has 5 heteroatoms. The minimum absolute atomic E-state index is 1.71. The third kappa shape index (κ3) is 11.5. The van der Waals surface area contributed by atoms with Crippen LogP contribution in [0.15, 0.2) is 22.9 Å². The van der Waals surface area contributed by atoms with E-state index in [2.05, 4.69) is 5.50 Å². The Morgan fingerprint density at radius 3 is 1.67 bits per heavy atom. The highest BCUT2D eigenvalue weighted by atomic mass is 32.1. The molecule has 1 aromatic heterocycles. The maximum Gasteiger partial charge on any atom is 0.247 e. The molecule has 0 saturated carbocycles. The molecule has 0 unspecified atom stereocenters. The van der Waals surface area contributed by atoms with Crippen LogP contribution >= 0.6 is 19.9 Å². The van der Waals surface area contributed by atoms with Gasteiger partial charge in [0.15, 0.2) is 0 Å². The summed E-state index contributed by atoms with van der Waals surface area (Å²) in [5.41, 5.74) is 4.29. The maximum atomic E-state index is 7.45. The van der Waals surface area contributed by atoms with Crippen molar-refractivity contribution in [2.75, 3.05) is 0 Å². The van der Waals surface area contributed by atoms with E-state index in [-0.39, 0.29) is 0 Å². The van der Waals surface area contributed by atoms with Crippen molar-refractivity contribution >= 4 is 19.9 Å². The highest BCUT2D eigenvalue weighted by Crippen LogP contribution is 2.05. The van der Waals surface area contributed by atoms with E-state index in [0.29, 0.717) is 0 Å². The van der Waals surface area contributed by atoms with Gasteiger partial charge in [0.05, 0.1) is 0 Å². The SMILES string of the molecule is NP(O)O.c1ccsc1. The number of thiophene rings is 1. The summed E-state index contributed by atoms with van der Waals surface area (Å²) in [7, 11) is -2.12. The van der Waals surface area contributed by atoms with Crippen LogP contribution in [0.1, 0.15) is 0 Å². The van der Waals surface area contributed by atoms with Crippen molar-refractivity contribution < 1.29 is 9.79 Å². The van der Waals surface area contributed by atoms with Crippen LogP contribution in [0.25, 0.3) is 0 Å². The second kappa shape index (κ2) is 6.13. The van der Waals surface area contributed by atoms with Gasteiger partial charge in [-0.05, 0) is 10.8 Å². The van der Waals surface area contributed by atoms with Crippen LogP contribution in [0.4, 0.5) is 0 Å². The highest BCUT2D eigenvalue weighted by Gasteiger charge is 1.72. The Kier molecular flexibility index (Phi) is 6.14. The van der Waals surface area contributed by atoms with Crippen molar-refractivity contribution in [2.24, 2.45) is 5.50 Å². The van der Waals surface area contributed by atoms with Crippen molar-refractivity contribution in [3.8, 4) is 0 Å². The topological polar surface area (TPSA) is 66.5 Å². The summed E-state index contributed by atoms with van der Waals surface area (Å²) in [6.07, 6.45) is 0. The van der Waals surface area contributed by atoms with Crippen LogP contribution < -0.4 is 5.50 Å². The van der Waals surface area contributed by atoms with E-state index in [1.54, 1.807) is 11.3 Å². The molecular formula is C4H8NO2PS. The van der Waals surface area contributed by atoms with Crippen molar-refractivity contribution in [3.05, 3.63) is 22.9 Å². The van der Waals surface area contributed by atoms with Crippen LogP contribution in [0.5, 0.6) is 0 Å². The van der Waals surface area contributed by atoms with E-state index < -0.39 is 8.53 Å². The van der Waals surface area contributed by atoms with E-state index in [1.807, 2.05) is 22.9 Å². The molecular weight excluding hydrogens is 157 g/mol. The van der Waals surface area contributed by atoms with Crippen LogP contribution in [0, 0.1) is 0 Å². The molecule has 0 amide bonds. The van der Waals surface area contributed by atoms with Gasteiger partial charge in [0.1, 0.15) is 0 Å². The average Bonchev–Trinajstić information content (AvgIpc) is 2.11. The van der Waals surface area contributed by atoms with Gasteiger partial charge in [0.2, 0.25) is 8.53 Å². The lowest BCUT2D eigenvalue weighted by atomic mass is 10.7. The smallest absolute Gasteiger partial charge is 0.247 e. The zero-order valence-corrected chi connectivity index (χ0v) is 6.35. The van der Waals surface area contributed by atoms with Gasteiger partial charge in [-0.25, -0.2) is 0 Å². The van der Waals surface area contributed by atoms with Crippen molar-refractivity contribution in [3.63, 3.8) is 0 Å². The summed E-state index contributed by atoms with van der Waals surface area (Å²) in [6.45, 7) is 0. The molecule has 1 rings (SSSR count). The maximum absolute atomic E-state index is 7.45. The molecule has 0 aliphatic heterocycles. The molecule has 1 heterocycles. The normalized spacial score (nSPS) is 8.44. The Morgan fingerprint density at radius 1 is 1.22 bits per heavy atom. The number of nitrogens with two attached hydrogens (primary N) is 1. The molecule has 1 aromatic rings. The number of hydrogen-bond acceptors (Lipinski definition) is 4. The molecule has 0 saturated heterocycles. The lowest BCUT2D eigenvalue weighted by Crippen LogP contribution is -1.78. The van der Waals surface area contributed by atoms with Gasteiger partial charge < -0.3 is 9.79 Å². The first kappa shape index (κ1) is 9.01. The lowest BCUT2D eigenvalue weighted by Gasteiger charge is -1.79. The summed E-state index contributed by atoms with van der Waals surface area (Å²) in [5, 5.41) is 4.08. The predicted octanol–water partition coefficient (Wildman–Crippen LogP) is 0.905. The Morgan fingerprint density at radius 2 is 1.56 bits per heavy atom. The van der Waals surface area contributed by atoms with Gasteiger partial charge in [-0.15, -0.1) is 0 Å². The third-order valence-corrected chi connectivity index (χ3v) is 1.05. The number of hydrogen-bond donors (Lipinski definition) is 3. The minimum atomic E-state index is -2.12. The highest BCUT2D eigenvalue weighted by molar-refractivity contribution is 7.42. The van der Waals surface area contributed by atoms with E-state index >= 15 is 0 Å². The molecule has 52 valence electrons. The zero-order chi connectivity index (χ0) is 7.11. The molecule has 4 N–H and O–H groups in total. The van der Waals surface area contributed by atoms with Gasteiger partial charge in [-0.1, -0.05) is 12.1 Å². The van der Waals surface area contributed by atoms with Gasteiger partial charge in [-0.3, -0.25) is 5.50 Å². The fourth-order valence-corrected chi connectivity index (χ4v) is 0.680. The molecule has 0 aromatic carbocycles. The largest absolute Gasteiger partial charge is 0.338 e. The molecule has 0 atom stereocenters. The summed E-state index contributed by atoms with van der Waals surface area (Å²) in [4.78, 5) is 14.9. The Bertz CT molecular complexity index is 102. The first-order valence-corrected chi connectivity index (χ1v) is 4.39. The minimum Gasteiger partial charge on any atom is -0.338 e. The molecule has 0 radical (unpaired) electrons. The summed E-state index contributed by atoms with van der Waals surface area (Å²) in [6, 6.07) is 4.04. The predicted molar refractivity (Wildman–Crippen MR) is 39.9 cm³/mol. The Labute approximate surface area is 58.7 Å². The standard InChI is InChI=1S/C4H4S.H4NO2P/c1-2-4-5-3-1;1-4(2)3/h1-4H;2-3H,1H2. The van der Waals surface area contributed by atoms with E-state index in [0.717, 1.165) is 0 Å². The quantitative estimate of drug-likeness (QED) is 0.500. The Balaban J connectivity index is 0.000000148. The summed E-state index contributed by atoms with van der Waals surface area (Å²) < 4.78 is 0. The monoisotopic (exact) mass is 165 g/mol. The van der Waals surface area contributed by atoms with Gasteiger partial charge in [0.25, 0.3) is 0 Å². The fraction of sp³-hybridized carbons (Fsp3) is 0. The molecule has 0 spiro atoms. The third-order valence-electron chi connectivity index (χ3n) is 0.425. The van der Waals surface area contributed by atoms with Gasteiger partial charge >= 0.3 is 0 Å².